The average Bonchev–Trinajstić information content (AvgIpc) is 2.86. The Labute approximate surface area is 212 Å². The Kier molecular flexibility index (Phi) is 10.2. The molecule has 1 atom stereocenters. The molecule has 1 aliphatic heterocycles. The van der Waals surface area contributed by atoms with Crippen LogP contribution in [0, 0.1) is 0 Å². The van der Waals surface area contributed by atoms with Gasteiger partial charge in [0.15, 0.2) is 6.61 Å². The molecule has 1 N–H and O–H groups in total. The van der Waals surface area contributed by atoms with Crippen LogP contribution >= 0.6 is 0 Å². The first-order valence-electron chi connectivity index (χ1n) is 12.4. The summed E-state index contributed by atoms with van der Waals surface area (Å²) in [5, 5.41) is 2.77. The highest BCUT2D eigenvalue weighted by Crippen LogP contribution is 2.32. The molecular formula is C28H35NO7. The number of esters is 1. The molecule has 194 valence electrons. The van der Waals surface area contributed by atoms with Gasteiger partial charge in [-0.2, -0.15) is 0 Å². The standard InChI is InChI=1S/C28H35NO7/c1-19-8-7-11-22(30)10-6-4-5-9-20-16-24(34-3)17-25(27(20)28(32)36-19)35-18-26(31)29-21-12-14-23(33-2)15-13-21/h12-17,19H,4-11,18H2,1-3H3,(H,29,31)/t19-/m1/s1. The van der Waals surface area contributed by atoms with E-state index in [4.69, 9.17) is 18.9 Å². The van der Waals surface area contributed by atoms with Crippen LogP contribution in [0.15, 0.2) is 36.4 Å². The van der Waals surface area contributed by atoms with Crippen LogP contribution in [0.3, 0.4) is 0 Å². The minimum Gasteiger partial charge on any atom is -0.497 e. The number of aryl methyl sites for hydroxylation is 1. The quantitative estimate of drug-likeness (QED) is 0.553. The zero-order chi connectivity index (χ0) is 25.9. The second-order valence-electron chi connectivity index (χ2n) is 8.93. The van der Waals surface area contributed by atoms with E-state index in [9.17, 15) is 14.4 Å². The minimum absolute atomic E-state index is 0.244. The van der Waals surface area contributed by atoms with Crippen molar-refractivity contribution in [1.29, 1.82) is 0 Å². The number of methoxy groups -OCH3 is 2. The van der Waals surface area contributed by atoms with Crippen LogP contribution in [0.1, 0.15) is 67.8 Å². The summed E-state index contributed by atoms with van der Waals surface area (Å²) in [6.45, 7) is 1.52. The molecule has 2 aromatic carbocycles. The number of anilines is 1. The molecule has 8 heteroatoms. The Bertz CT molecular complexity index is 1050. The van der Waals surface area contributed by atoms with E-state index in [1.807, 2.05) is 13.0 Å². The third-order valence-electron chi connectivity index (χ3n) is 6.11. The first kappa shape index (κ1) is 27.0. The molecule has 0 saturated carbocycles. The summed E-state index contributed by atoms with van der Waals surface area (Å²) < 4.78 is 22.1. The number of fused-ring (bicyclic) bond motifs is 1. The molecule has 1 aliphatic rings. The maximum atomic E-state index is 13.2. The number of ketones is 1. The van der Waals surface area contributed by atoms with Crippen molar-refractivity contribution in [1.82, 2.24) is 0 Å². The van der Waals surface area contributed by atoms with Gasteiger partial charge in [-0.05, 0) is 74.9 Å². The van der Waals surface area contributed by atoms with Crippen molar-refractivity contribution >= 4 is 23.3 Å². The van der Waals surface area contributed by atoms with Crippen molar-refractivity contribution < 1.29 is 33.3 Å². The van der Waals surface area contributed by atoms with E-state index in [0.717, 1.165) is 24.8 Å². The van der Waals surface area contributed by atoms with Gasteiger partial charge in [-0.15, -0.1) is 0 Å². The lowest BCUT2D eigenvalue weighted by atomic mass is 9.98. The largest absolute Gasteiger partial charge is 0.497 e. The van der Waals surface area contributed by atoms with Crippen LogP contribution in [0.2, 0.25) is 0 Å². The lowest BCUT2D eigenvalue weighted by Gasteiger charge is -2.19. The van der Waals surface area contributed by atoms with Crippen LogP contribution in [0.5, 0.6) is 17.2 Å². The maximum absolute atomic E-state index is 13.2. The molecule has 0 radical (unpaired) electrons. The van der Waals surface area contributed by atoms with E-state index >= 15 is 0 Å². The van der Waals surface area contributed by atoms with E-state index in [2.05, 4.69) is 5.32 Å². The average molecular weight is 498 g/mol. The van der Waals surface area contributed by atoms with Gasteiger partial charge in [-0.1, -0.05) is 6.42 Å². The van der Waals surface area contributed by atoms with Gasteiger partial charge in [-0.25, -0.2) is 4.79 Å². The minimum atomic E-state index is -0.505. The lowest BCUT2D eigenvalue weighted by Crippen LogP contribution is -2.22. The molecule has 0 aromatic heterocycles. The van der Waals surface area contributed by atoms with Gasteiger partial charge < -0.3 is 24.3 Å². The number of hydrogen-bond donors (Lipinski definition) is 1. The number of Topliss-reactive ketones (excluding diaryl/α,β-unsaturated/α-hetero) is 1. The van der Waals surface area contributed by atoms with E-state index in [1.54, 1.807) is 37.4 Å². The third-order valence-corrected chi connectivity index (χ3v) is 6.11. The number of cyclic esters (lactones) is 1. The predicted molar refractivity (Wildman–Crippen MR) is 136 cm³/mol. The van der Waals surface area contributed by atoms with Crippen molar-refractivity contribution in [2.75, 3.05) is 26.1 Å². The van der Waals surface area contributed by atoms with Crippen LogP contribution in [-0.2, 0) is 20.7 Å². The summed E-state index contributed by atoms with van der Waals surface area (Å²) in [4.78, 5) is 37.8. The number of carbonyl (C=O) groups excluding carboxylic acids is 3. The van der Waals surface area contributed by atoms with Crippen LogP contribution in [0.25, 0.3) is 0 Å². The molecular weight excluding hydrogens is 462 g/mol. The first-order chi connectivity index (χ1) is 17.4. The maximum Gasteiger partial charge on any atom is 0.342 e. The number of nitrogens with one attached hydrogen (secondary N) is 1. The van der Waals surface area contributed by atoms with Crippen molar-refractivity contribution in [3.63, 3.8) is 0 Å². The summed E-state index contributed by atoms with van der Waals surface area (Å²) in [7, 11) is 3.11. The molecule has 36 heavy (non-hydrogen) atoms. The van der Waals surface area contributed by atoms with E-state index in [1.165, 1.54) is 7.11 Å². The molecule has 0 unspecified atom stereocenters. The zero-order valence-corrected chi connectivity index (χ0v) is 21.3. The fourth-order valence-corrected chi connectivity index (χ4v) is 4.15. The molecule has 3 rings (SSSR count). The van der Waals surface area contributed by atoms with E-state index in [-0.39, 0.29) is 30.2 Å². The molecule has 0 bridgehead atoms. The third kappa shape index (κ3) is 8.00. The Morgan fingerprint density at radius 1 is 0.944 bits per heavy atom. The first-order valence-corrected chi connectivity index (χ1v) is 12.4. The van der Waals surface area contributed by atoms with E-state index in [0.29, 0.717) is 54.9 Å². The molecule has 0 aliphatic carbocycles. The second kappa shape index (κ2) is 13.5. The van der Waals surface area contributed by atoms with Crippen LogP contribution < -0.4 is 19.5 Å². The van der Waals surface area contributed by atoms with Gasteiger partial charge in [0.2, 0.25) is 0 Å². The number of rotatable bonds is 6. The van der Waals surface area contributed by atoms with Crippen molar-refractivity contribution in [3.05, 3.63) is 47.5 Å². The fraction of sp³-hybridized carbons (Fsp3) is 0.464. The zero-order valence-electron chi connectivity index (χ0n) is 21.3. The summed E-state index contributed by atoms with van der Waals surface area (Å²) in [6, 6.07) is 10.4. The monoisotopic (exact) mass is 497 g/mol. The number of hydrogen-bond acceptors (Lipinski definition) is 7. The van der Waals surface area contributed by atoms with Gasteiger partial charge >= 0.3 is 5.97 Å². The van der Waals surface area contributed by atoms with Crippen LogP contribution in [-0.4, -0.2) is 44.6 Å². The Hall–Kier alpha value is -3.55. The SMILES string of the molecule is COc1ccc(NC(=O)COc2cc(OC)cc3c2C(=O)O[C@H](C)CCCC(=O)CCCCC3)cc1. The van der Waals surface area contributed by atoms with Gasteiger partial charge in [0.25, 0.3) is 5.91 Å². The fourth-order valence-electron chi connectivity index (χ4n) is 4.15. The molecule has 1 heterocycles. The van der Waals surface area contributed by atoms with Crippen molar-refractivity contribution in [2.24, 2.45) is 0 Å². The highest BCUT2D eigenvalue weighted by molar-refractivity contribution is 5.95. The number of carbonyl (C=O) groups is 3. The number of benzene rings is 2. The summed E-state index contributed by atoms with van der Waals surface area (Å²) in [6.07, 6.45) is 5.10. The van der Waals surface area contributed by atoms with Gasteiger partial charge in [0.05, 0.1) is 20.3 Å². The number of ether oxygens (including phenoxy) is 4. The lowest BCUT2D eigenvalue weighted by molar-refractivity contribution is -0.119. The normalized spacial score (nSPS) is 17.2. The molecule has 8 nitrogen and oxygen atoms in total. The summed E-state index contributed by atoms with van der Waals surface area (Å²) >= 11 is 0. The molecule has 1 amide bonds. The highest BCUT2D eigenvalue weighted by Gasteiger charge is 2.24. The highest BCUT2D eigenvalue weighted by atomic mass is 16.5. The van der Waals surface area contributed by atoms with Gasteiger partial charge in [0, 0.05) is 24.6 Å². The van der Waals surface area contributed by atoms with Crippen molar-refractivity contribution in [2.45, 2.75) is 64.4 Å². The summed E-state index contributed by atoms with van der Waals surface area (Å²) in [5.41, 5.74) is 1.65. The Morgan fingerprint density at radius 3 is 2.36 bits per heavy atom. The van der Waals surface area contributed by atoms with Gasteiger partial charge in [0.1, 0.15) is 28.6 Å². The topological polar surface area (TPSA) is 100 Å². The Balaban J connectivity index is 1.80. The smallest absolute Gasteiger partial charge is 0.342 e. The summed E-state index contributed by atoms with van der Waals surface area (Å²) in [5.74, 6) is 0.836. The Morgan fingerprint density at radius 2 is 1.64 bits per heavy atom. The molecule has 0 saturated heterocycles. The molecule has 2 aromatic rings. The van der Waals surface area contributed by atoms with Gasteiger partial charge in [-0.3, -0.25) is 9.59 Å². The van der Waals surface area contributed by atoms with E-state index < -0.39 is 5.97 Å². The van der Waals surface area contributed by atoms with Crippen molar-refractivity contribution in [3.8, 4) is 17.2 Å². The molecule has 0 fully saturated rings. The predicted octanol–water partition coefficient (Wildman–Crippen LogP) is 5.12. The second-order valence-corrected chi connectivity index (χ2v) is 8.93. The molecule has 0 spiro atoms. The number of amides is 1. The van der Waals surface area contributed by atoms with Crippen LogP contribution in [0.4, 0.5) is 5.69 Å².